The summed E-state index contributed by atoms with van der Waals surface area (Å²) in [5.41, 5.74) is 0.435. The van der Waals surface area contributed by atoms with Crippen LogP contribution in [0.5, 0.6) is 5.75 Å². The van der Waals surface area contributed by atoms with E-state index in [4.69, 9.17) is 0 Å². The van der Waals surface area contributed by atoms with Crippen LogP contribution >= 0.6 is 15.9 Å². The highest BCUT2D eigenvalue weighted by Crippen LogP contribution is 2.31. The molecular weight excluding hydrogens is 284 g/mol. The summed E-state index contributed by atoms with van der Waals surface area (Å²) >= 11 is 3.21. The fraction of sp³-hybridized carbons (Fsp3) is 0.417. The molecule has 1 aromatic rings. The maximum absolute atomic E-state index is 12.0. The van der Waals surface area contributed by atoms with E-state index in [0.29, 0.717) is 16.1 Å². The van der Waals surface area contributed by atoms with E-state index in [-0.39, 0.29) is 17.7 Å². The molecule has 1 fully saturated rings. The Morgan fingerprint density at radius 1 is 1.59 bits per heavy atom. The van der Waals surface area contributed by atoms with Gasteiger partial charge in [0.15, 0.2) is 5.75 Å². The Morgan fingerprint density at radius 3 is 3.00 bits per heavy atom. The van der Waals surface area contributed by atoms with Gasteiger partial charge in [0.1, 0.15) is 0 Å². The molecule has 2 rings (SSSR count). The van der Waals surface area contributed by atoms with Crippen molar-refractivity contribution in [1.29, 1.82) is 0 Å². The first-order valence-corrected chi connectivity index (χ1v) is 6.40. The highest BCUT2D eigenvalue weighted by Gasteiger charge is 2.29. The molecule has 1 amide bonds. The summed E-state index contributed by atoms with van der Waals surface area (Å²) in [6.07, 6.45) is 1.00. The number of carbonyl (C=O) groups is 1. The number of rotatable bonds is 2. The summed E-state index contributed by atoms with van der Waals surface area (Å²) in [5, 5.41) is 15.7. The molecule has 0 bridgehead atoms. The zero-order valence-electron chi connectivity index (χ0n) is 9.53. The number of amides is 1. The smallest absolute Gasteiger partial charge is 0.241 e. The molecule has 0 radical (unpaired) electrons. The second-order valence-corrected chi connectivity index (χ2v) is 5.18. The van der Waals surface area contributed by atoms with E-state index in [1.165, 1.54) is 0 Å². The third kappa shape index (κ3) is 2.61. The Kier molecular flexibility index (Phi) is 3.69. The van der Waals surface area contributed by atoms with Gasteiger partial charge in [-0.05, 0) is 46.9 Å². The van der Waals surface area contributed by atoms with Gasteiger partial charge in [0, 0.05) is 0 Å². The Labute approximate surface area is 109 Å². The SMILES string of the molecule is CC1CCNC1C(=O)Nc1cccc(Br)c1O. The fourth-order valence-electron chi connectivity index (χ4n) is 2.01. The zero-order valence-corrected chi connectivity index (χ0v) is 11.1. The summed E-state index contributed by atoms with van der Waals surface area (Å²) in [6.45, 7) is 2.91. The molecule has 5 heteroatoms. The summed E-state index contributed by atoms with van der Waals surface area (Å²) in [6, 6.07) is 5.00. The summed E-state index contributed by atoms with van der Waals surface area (Å²) in [4.78, 5) is 12.0. The molecule has 2 atom stereocenters. The van der Waals surface area contributed by atoms with Gasteiger partial charge in [-0.25, -0.2) is 0 Å². The van der Waals surface area contributed by atoms with E-state index in [9.17, 15) is 9.90 Å². The van der Waals surface area contributed by atoms with E-state index in [0.717, 1.165) is 13.0 Å². The predicted molar refractivity (Wildman–Crippen MR) is 70.0 cm³/mol. The Balaban J connectivity index is 2.10. The summed E-state index contributed by atoms with van der Waals surface area (Å²) < 4.78 is 0.572. The number of aromatic hydroxyl groups is 1. The van der Waals surface area contributed by atoms with E-state index >= 15 is 0 Å². The van der Waals surface area contributed by atoms with Gasteiger partial charge >= 0.3 is 0 Å². The number of hydrogen-bond acceptors (Lipinski definition) is 3. The molecule has 0 saturated carbocycles. The van der Waals surface area contributed by atoms with Gasteiger partial charge < -0.3 is 15.7 Å². The first kappa shape index (κ1) is 12.4. The average molecular weight is 299 g/mol. The van der Waals surface area contributed by atoms with Gasteiger partial charge in [-0.3, -0.25) is 4.79 Å². The molecule has 1 saturated heterocycles. The fourth-order valence-corrected chi connectivity index (χ4v) is 2.38. The molecule has 1 aliphatic rings. The lowest BCUT2D eigenvalue weighted by molar-refractivity contribution is -0.118. The van der Waals surface area contributed by atoms with Gasteiger partial charge in [-0.2, -0.15) is 0 Å². The largest absolute Gasteiger partial charge is 0.505 e. The number of anilines is 1. The van der Waals surface area contributed by atoms with Crippen LogP contribution in [0, 0.1) is 5.92 Å². The van der Waals surface area contributed by atoms with Gasteiger partial charge in [0.2, 0.25) is 5.91 Å². The average Bonchev–Trinajstić information content (AvgIpc) is 2.71. The van der Waals surface area contributed by atoms with Crippen molar-refractivity contribution in [3.8, 4) is 5.75 Å². The number of benzene rings is 1. The van der Waals surface area contributed by atoms with E-state index in [2.05, 4.69) is 26.6 Å². The second kappa shape index (κ2) is 5.06. The standard InChI is InChI=1S/C12H15BrN2O2/c1-7-5-6-14-10(7)12(17)15-9-4-2-3-8(13)11(9)16/h2-4,7,10,14,16H,5-6H2,1H3,(H,15,17). The minimum Gasteiger partial charge on any atom is -0.505 e. The highest BCUT2D eigenvalue weighted by atomic mass is 79.9. The van der Waals surface area contributed by atoms with Crippen molar-refractivity contribution in [2.45, 2.75) is 19.4 Å². The maximum atomic E-state index is 12.0. The number of nitrogens with one attached hydrogen (secondary N) is 2. The van der Waals surface area contributed by atoms with Crippen molar-refractivity contribution >= 4 is 27.5 Å². The van der Waals surface area contributed by atoms with Crippen molar-refractivity contribution in [1.82, 2.24) is 5.32 Å². The molecule has 1 heterocycles. The third-order valence-corrected chi connectivity index (χ3v) is 3.70. The van der Waals surface area contributed by atoms with Crippen LogP contribution in [0.1, 0.15) is 13.3 Å². The van der Waals surface area contributed by atoms with Crippen molar-refractivity contribution in [3.05, 3.63) is 22.7 Å². The lowest BCUT2D eigenvalue weighted by Crippen LogP contribution is -2.39. The van der Waals surface area contributed by atoms with Crippen LogP contribution in [-0.4, -0.2) is 23.6 Å². The van der Waals surface area contributed by atoms with E-state index < -0.39 is 0 Å². The van der Waals surface area contributed by atoms with Crippen LogP contribution in [0.2, 0.25) is 0 Å². The number of phenolic OH excluding ortho intramolecular Hbond substituents is 1. The Morgan fingerprint density at radius 2 is 2.35 bits per heavy atom. The minimum absolute atomic E-state index is 0.0616. The topological polar surface area (TPSA) is 61.4 Å². The maximum Gasteiger partial charge on any atom is 0.241 e. The normalized spacial score (nSPS) is 23.6. The lowest BCUT2D eigenvalue weighted by atomic mass is 10.0. The Hall–Kier alpha value is -1.07. The molecule has 1 aromatic carbocycles. The lowest BCUT2D eigenvalue weighted by Gasteiger charge is -2.16. The van der Waals surface area contributed by atoms with Crippen LogP contribution in [0.3, 0.4) is 0 Å². The zero-order chi connectivity index (χ0) is 12.4. The second-order valence-electron chi connectivity index (χ2n) is 4.32. The molecule has 3 N–H and O–H groups in total. The minimum atomic E-state index is -0.173. The molecule has 1 aliphatic heterocycles. The van der Waals surface area contributed by atoms with Crippen LogP contribution in [-0.2, 0) is 4.79 Å². The van der Waals surface area contributed by atoms with Crippen LogP contribution < -0.4 is 10.6 Å². The monoisotopic (exact) mass is 298 g/mol. The molecule has 0 aromatic heterocycles. The first-order valence-electron chi connectivity index (χ1n) is 5.61. The van der Waals surface area contributed by atoms with Gasteiger partial charge in [-0.15, -0.1) is 0 Å². The van der Waals surface area contributed by atoms with Crippen molar-refractivity contribution in [2.75, 3.05) is 11.9 Å². The predicted octanol–water partition coefficient (Wildman–Crippen LogP) is 2.09. The molecular formula is C12H15BrN2O2. The molecule has 4 nitrogen and oxygen atoms in total. The van der Waals surface area contributed by atoms with Crippen LogP contribution in [0.25, 0.3) is 0 Å². The molecule has 2 unspecified atom stereocenters. The number of hydrogen-bond donors (Lipinski definition) is 3. The van der Waals surface area contributed by atoms with E-state index in [1.54, 1.807) is 18.2 Å². The summed E-state index contributed by atoms with van der Waals surface area (Å²) in [5.74, 6) is 0.291. The quantitative estimate of drug-likeness (QED) is 0.733. The highest BCUT2D eigenvalue weighted by molar-refractivity contribution is 9.10. The number of para-hydroxylation sites is 1. The number of halogens is 1. The van der Waals surface area contributed by atoms with Gasteiger partial charge in [-0.1, -0.05) is 13.0 Å². The van der Waals surface area contributed by atoms with E-state index in [1.807, 2.05) is 6.92 Å². The summed E-state index contributed by atoms with van der Waals surface area (Å²) in [7, 11) is 0. The molecule has 0 spiro atoms. The third-order valence-electron chi connectivity index (χ3n) is 3.06. The molecule has 92 valence electrons. The van der Waals surface area contributed by atoms with Crippen molar-refractivity contribution in [3.63, 3.8) is 0 Å². The van der Waals surface area contributed by atoms with Gasteiger partial charge in [0.25, 0.3) is 0 Å². The van der Waals surface area contributed by atoms with Gasteiger partial charge in [0.05, 0.1) is 16.2 Å². The molecule has 17 heavy (non-hydrogen) atoms. The first-order chi connectivity index (χ1) is 8.09. The number of carbonyl (C=O) groups excluding carboxylic acids is 1. The van der Waals surface area contributed by atoms with Crippen molar-refractivity contribution < 1.29 is 9.90 Å². The Bertz CT molecular complexity index is 437. The molecule has 0 aliphatic carbocycles. The van der Waals surface area contributed by atoms with Crippen molar-refractivity contribution in [2.24, 2.45) is 5.92 Å². The van der Waals surface area contributed by atoms with Crippen LogP contribution in [0.4, 0.5) is 5.69 Å². The van der Waals surface area contributed by atoms with Crippen LogP contribution in [0.15, 0.2) is 22.7 Å². The number of phenols is 1.